The Morgan fingerprint density at radius 3 is 2.78 bits per heavy atom. The fourth-order valence-electron chi connectivity index (χ4n) is 2.36. The van der Waals surface area contributed by atoms with Crippen LogP contribution in [-0.2, 0) is 11.3 Å². The molecule has 18 heavy (non-hydrogen) atoms. The molecule has 4 heteroatoms. The second-order valence-corrected chi connectivity index (χ2v) is 5.70. The van der Waals surface area contributed by atoms with Gasteiger partial charge in [0.25, 0.3) is 0 Å². The van der Waals surface area contributed by atoms with Gasteiger partial charge < -0.3 is 9.64 Å². The summed E-state index contributed by atoms with van der Waals surface area (Å²) < 4.78 is 6.38. The molecule has 1 aromatic heterocycles. The Morgan fingerprint density at radius 2 is 2.11 bits per heavy atom. The largest absolute Gasteiger partial charge is 0.381 e. The number of pyridine rings is 1. The Morgan fingerprint density at radius 1 is 1.39 bits per heavy atom. The Kier molecular flexibility index (Phi) is 5.15. The zero-order valence-electron chi connectivity index (χ0n) is 11.2. The van der Waals surface area contributed by atoms with Gasteiger partial charge in [-0.2, -0.15) is 0 Å². The summed E-state index contributed by atoms with van der Waals surface area (Å²) in [4.78, 5) is 6.96. The Balaban J connectivity index is 2.21. The summed E-state index contributed by atoms with van der Waals surface area (Å²) in [6.07, 6.45) is 2.23. The number of hydrogen-bond donors (Lipinski definition) is 0. The molecule has 1 saturated heterocycles. The predicted octanol–water partition coefficient (Wildman–Crippen LogP) is 3.19. The van der Waals surface area contributed by atoms with Gasteiger partial charge in [0, 0.05) is 19.8 Å². The molecule has 0 aromatic carbocycles. The maximum atomic E-state index is 5.45. The van der Waals surface area contributed by atoms with E-state index in [4.69, 9.17) is 4.74 Å². The molecule has 0 amide bonds. The van der Waals surface area contributed by atoms with E-state index in [0.717, 1.165) is 43.7 Å². The summed E-state index contributed by atoms with van der Waals surface area (Å²) in [5.74, 6) is 0.611. The molecule has 0 radical (unpaired) electrons. The molecule has 0 aliphatic carbocycles. The van der Waals surface area contributed by atoms with E-state index in [1.807, 2.05) is 0 Å². The van der Waals surface area contributed by atoms with Crippen LogP contribution in [0.2, 0.25) is 0 Å². The van der Waals surface area contributed by atoms with Crippen LogP contribution in [0.3, 0.4) is 0 Å². The lowest BCUT2D eigenvalue weighted by molar-refractivity contribution is 0.0849. The molecule has 0 N–H and O–H groups in total. The third-order valence-corrected chi connectivity index (χ3v) is 4.04. The summed E-state index contributed by atoms with van der Waals surface area (Å²) >= 11 is 3.48. The van der Waals surface area contributed by atoms with Crippen LogP contribution in [-0.4, -0.2) is 36.7 Å². The Bertz CT molecular complexity index is 391. The highest BCUT2D eigenvalue weighted by atomic mass is 79.9. The lowest BCUT2D eigenvalue weighted by atomic mass is 9.90. The zero-order valence-corrected chi connectivity index (χ0v) is 12.7. The molecular weight excluding hydrogens is 292 g/mol. The molecule has 0 bridgehead atoms. The highest BCUT2D eigenvalue weighted by molar-refractivity contribution is 9.10. The van der Waals surface area contributed by atoms with Gasteiger partial charge in [0.1, 0.15) is 4.60 Å². The van der Waals surface area contributed by atoms with Gasteiger partial charge in [-0.25, -0.2) is 4.98 Å². The van der Waals surface area contributed by atoms with E-state index in [9.17, 15) is 0 Å². The van der Waals surface area contributed by atoms with E-state index in [-0.39, 0.29) is 0 Å². The van der Waals surface area contributed by atoms with Crippen molar-refractivity contribution in [2.24, 2.45) is 0 Å². The van der Waals surface area contributed by atoms with Gasteiger partial charge >= 0.3 is 0 Å². The lowest BCUT2D eigenvalue weighted by Crippen LogP contribution is -2.21. The predicted molar refractivity (Wildman–Crippen MR) is 76.7 cm³/mol. The third-order valence-electron chi connectivity index (χ3n) is 3.60. The minimum atomic E-state index is 0.611. The zero-order chi connectivity index (χ0) is 13.0. The van der Waals surface area contributed by atoms with Crippen molar-refractivity contribution in [1.29, 1.82) is 0 Å². The minimum Gasteiger partial charge on any atom is -0.381 e. The molecule has 0 atom stereocenters. The van der Waals surface area contributed by atoms with Crippen LogP contribution in [0.25, 0.3) is 0 Å². The number of hydrogen-bond acceptors (Lipinski definition) is 3. The summed E-state index contributed by atoms with van der Waals surface area (Å²) in [6.45, 7) is 5.89. The Hall–Kier alpha value is -0.450. The van der Waals surface area contributed by atoms with E-state index < -0.39 is 0 Å². The molecule has 100 valence electrons. The van der Waals surface area contributed by atoms with Crippen LogP contribution in [0.1, 0.15) is 36.9 Å². The SMILES string of the molecule is CCN(C)Cc1nc(Br)ccc1C1CCOCC1. The van der Waals surface area contributed by atoms with Gasteiger partial charge in [-0.15, -0.1) is 0 Å². The number of nitrogens with zero attached hydrogens (tertiary/aromatic N) is 2. The van der Waals surface area contributed by atoms with Gasteiger partial charge in [-0.05, 0) is 59.9 Å². The first-order valence-electron chi connectivity index (χ1n) is 6.62. The topological polar surface area (TPSA) is 25.4 Å². The molecule has 1 aliphatic heterocycles. The summed E-state index contributed by atoms with van der Waals surface area (Å²) in [5, 5.41) is 0. The molecule has 1 fully saturated rings. The normalized spacial score (nSPS) is 17.3. The van der Waals surface area contributed by atoms with Gasteiger partial charge in [0.2, 0.25) is 0 Å². The lowest BCUT2D eigenvalue weighted by Gasteiger charge is -2.25. The third kappa shape index (κ3) is 3.53. The van der Waals surface area contributed by atoms with Crippen molar-refractivity contribution in [3.63, 3.8) is 0 Å². The molecule has 0 unspecified atom stereocenters. The highest BCUT2D eigenvalue weighted by Crippen LogP contribution is 2.30. The fraction of sp³-hybridized carbons (Fsp3) is 0.643. The van der Waals surface area contributed by atoms with E-state index in [0.29, 0.717) is 5.92 Å². The van der Waals surface area contributed by atoms with Gasteiger partial charge in [-0.3, -0.25) is 0 Å². The van der Waals surface area contributed by atoms with Crippen LogP contribution in [0, 0.1) is 0 Å². The van der Waals surface area contributed by atoms with Crippen molar-refractivity contribution in [2.75, 3.05) is 26.8 Å². The number of ether oxygens (including phenoxy) is 1. The van der Waals surface area contributed by atoms with E-state index in [1.165, 1.54) is 11.3 Å². The second-order valence-electron chi connectivity index (χ2n) is 4.89. The van der Waals surface area contributed by atoms with Crippen LogP contribution < -0.4 is 0 Å². The molecule has 0 saturated carbocycles. The van der Waals surface area contributed by atoms with Gasteiger partial charge in [-0.1, -0.05) is 13.0 Å². The van der Waals surface area contributed by atoms with E-state index >= 15 is 0 Å². The second kappa shape index (κ2) is 6.64. The molecule has 0 spiro atoms. The minimum absolute atomic E-state index is 0.611. The maximum Gasteiger partial charge on any atom is 0.106 e. The fourth-order valence-corrected chi connectivity index (χ4v) is 2.71. The van der Waals surface area contributed by atoms with Crippen LogP contribution in [0.5, 0.6) is 0 Å². The first kappa shape index (κ1) is 14.0. The van der Waals surface area contributed by atoms with Crippen molar-refractivity contribution < 1.29 is 4.74 Å². The summed E-state index contributed by atoms with van der Waals surface area (Å²) in [6, 6.07) is 4.28. The van der Waals surface area contributed by atoms with E-state index in [1.54, 1.807) is 0 Å². The molecule has 3 nitrogen and oxygen atoms in total. The first-order valence-corrected chi connectivity index (χ1v) is 7.41. The number of aromatic nitrogens is 1. The van der Waals surface area contributed by atoms with Crippen molar-refractivity contribution >= 4 is 15.9 Å². The standard InChI is InChI=1S/C14H21BrN2O/c1-3-17(2)10-13-12(4-5-14(15)16-13)11-6-8-18-9-7-11/h4-5,11H,3,6-10H2,1-2H3. The molecule has 2 heterocycles. The summed E-state index contributed by atoms with van der Waals surface area (Å²) in [5.41, 5.74) is 2.61. The van der Waals surface area contributed by atoms with Crippen molar-refractivity contribution in [1.82, 2.24) is 9.88 Å². The monoisotopic (exact) mass is 312 g/mol. The van der Waals surface area contributed by atoms with Crippen LogP contribution in [0.4, 0.5) is 0 Å². The van der Waals surface area contributed by atoms with Crippen molar-refractivity contribution in [3.05, 3.63) is 28.0 Å². The van der Waals surface area contributed by atoms with Crippen molar-refractivity contribution in [2.45, 2.75) is 32.2 Å². The van der Waals surface area contributed by atoms with Crippen LogP contribution in [0.15, 0.2) is 16.7 Å². The summed E-state index contributed by atoms with van der Waals surface area (Å²) in [7, 11) is 2.14. The molecule has 1 aromatic rings. The number of rotatable bonds is 4. The van der Waals surface area contributed by atoms with Gasteiger partial charge in [0.15, 0.2) is 0 Å². The molecule has 2 rings (SSSR count). The average Bonchev–Trinajstić information content (AvgIpc) is 2.40. The van der Waals surface area contributed by atoms with E-state index in [2.05, 4.69) is 51.9 Å². The van der Waals surface area contributed by atoms with Gasteiger partial charge in [0.05, 0.1) is 5.69 Å². The van der Waals surface area contributed by atoms with Crippen LogP contribution >= 0.6 is 15.9 Å². The van der Waals surface area contributed by atoms with Crippen molar-refractivity contribution in [3.8, 4) is 0 Å². The molecular formula is C14H21BrN2O. The smallest absolute Gasteiger partial charge is 0.106 e. The highest BCUT2D eigenvalue weighted by Gasteiger charge is 2.20. The average molecular weight is 313 g/mol. The quantitative estimate of drug-likeness (QED) is 0.798. The Labute approximate surface area is 118 Å². The first-order chi connectivity index (χ1) is 8.70. The molecule has 1 aliphatic rings. The maximum absolute atomic E-state index is 5.45. The number of halogens is 1.